The molecule has 2 amide bonds. The molecular formula is C19H20N6O3. The number of anilines is 1. The number of benzene rings is 2. The maximum Gasteiger partial charge on any atom is 0.262 e. The predicted octanol–water partition coefficient (Wildman–Crippen LogP) is 1.41. The lowest BCUT2D eigenvalue weighted by molar-refractivity contribution is -0.119. The summed E-state index contributed by atoms with van der Waals surface area (Å²) in [5.41, 5.74) is 7.40. The van der Waals surface area contributed by atoms with Crippen LogP contribution in [0.4, 0.5) is 5.69 Å². The average Bonchev–Trinajstić information content (AvgIpc) is 3.14. The summed E-state index contributed by atoms with van der Waals surface area (Å²) in [5.74, 6) is -0.00359. The van der Waals surface area contributed by atoms with Gasteiger partial charge in [-0.3, -0.25) is 9.59 Å². The number of hydrogen-bond donors (Lipinski definition) is 2. The number of aryl methyl sites for hydroxylation is 1. The first kappa shape index (κ1) is 19.0. The highest BCUT2D eigenvalue weighted by Gasteiger charge is 2.14. The highest BCUT2D eigenvalue weighted by molar-refractivity contribution is 5.95. The van der Waals surface area contributed by atoms with Crippen molar-refractivity contribution in [2.24, 2.45) is 5.73 Å². The van der Waals surface area contributed by atoms with Crippen LogP contribution in [0.15, 0.2) is 48.5 Å². The largest absolute Gasteiger partial charge is 0.484 e. The first-order chi connectivity index (χ1) is 13.5. The molecule has 0 fully saturated rings. The predicted molar refractivity (Wildman–Crippen MR) is 102 cm³/mol. The summed E-state index contributed by atoms with van der Waals surface area (Å²) in [6.07, 6.45) is 0.940. The van der Waals surface area contributed by atoms with E-state index in [1.165, 1.54) is 5.56 Å². The van der Waals surface area contributed by atoms with E-state index in [2.05, 4.69) is 27.7 Å². The van der Waals surface area contributed by atoms with Crippen molar-refractivity contribution in [2.75, 3.05) is 11.9 Å². The van der Waals surface area contributed by atoms with Crippen molar-refractivity contribution in [1.29, 1.82) is 0 Å². The Morgan fingerprint density at radius 1 is 1.14 bits per heavy atom. The van der Waals surface area contributed by atoms with Gasteiger partial charge >= 0.3 is 0 Å². The first-order valence-corrected chi connectivity index (χ1v) is 8.72. The van der Waals surface area contributed by atoms with Gasteiger partial charge in [-0.2, -0.15) is 4.80 Å². The Kier molecular flexibility index (Phi) is 5.95. The zero-order valence-corrected chi connectivity index (χ0v) is 15.3. The first-order valence-electron chi connectivity index (χ1n) is 8.72. The quantitative estimate of drug-likeness (QED) is 0.609. The lowest BCUT2D eigenvalue weighted by atomic mass is 10.1. The summed E-state index contributed by atoms with van der Waals surface area (Å²) in [7, 11) is 0. The van der Waals surface area contributed by atoms with Crippen LogP contribution in [0, 0.1) is 0 Å². The number of carbonyl (C=O) groups excluding carboxylic acids is 2. The zero-order valence-electron chi connectivity index (χ0n) is 15.3. The van der Waals surface area contributed by atoms with Gasteiger partial charge in [0.25, 0.3) is 5.91 Å². The summed E-state index contributed by atoms with van der Waals surface area (Å²) in [6, 6.07) is 14.6. The highest BCUT2D eigenvalue weighted by atomic mass is 16.5. The number of rotatable bonds is 8. The van der Waals surface area contributed by atoms with Crippen molar-refractivity contribution >= 4 is 17.5 Å². The van der Waals surface area contributed by atoms with Crippen LogP contribution in [-0.2, 0) is 22.6 Å². The Morgan fingerprint density at radius 2 is 1.89 bits per heavy atom. The minimum absolute atomic E-state index is 0.137. The molecule has 0 atom stereocenters. The Morgan fingerprint density at radius 3 is 2.61 bits per heavy atom. The molecule has 0 aliphatic carbocycles. The fraction of sp³-hybridized carbons (Fsp3) is 0.211. The van der Waals surface area contributed by atoms with Crippen molar-refractivity contribution in [3.63, 3.8) is 0 Å². The average molecular weight is 380 g/mol. The number of para-hydroxylation sites is 1. The Hall–Kier alpha value is -3.75. The second kappa shape index (κ2) is 8.76. The van der Waals surface area contributed by atoms with E-state index in [1.807, 2.05) is 24.3 Å². The fourth-order valence-electron chi connectivity index (χ4n) is 2.50. The summed E-state index contributed by atoms with van der Waals surface area (Å²) in [5, 5.41) is 14.6. The summed E-state index contributed by atoms with van der Waals surface area (Å²) in [6.45, 7) is 1.76. The molecule has 0 aliphatic rings. The van der Waals surface area contributed by atoms with Crippen LogP contribution in [0.5, 0.6) is 5.75 Å². The molecule has 0 saturated carbocycles. The van der Waals surface area contributed by atoms with Crippen molar-refractivity contribution in [1.82, 2.24) is 20.2 Å². The van der Waals surface area contributed by atoms with Gasteiger partial charge in [0.2, 0.25) is 11.7 Å². The molecule has 1 aromatic heterocycles. The molecule has 144 valence electrons. The number of primary amides is 1. The molecular weight excluding hydrogens is 360 g/mol. The van der Waals surface area contributed by atoms with E-state index < -0.39 is 5.91 Å². The maximum absolute atomic E-state index is 12.3. The Labute approximate surface area is 161 Å². The van der Waals surface area contributed by atoms with Crippen LogP contribution >= 0.6 is 0 Å². The maximum atomic E-state index is 12.3. The van der Waals surface area contributed by atoms with Gasteiger partial charge in [-0.05, 0) is 41.5 Å². The molecule has 28 heavy (non-hydrogen) atoms. The van der Waals surface area contributed by atoms with E-state index in [9.17, 15) is 9.59 Å². The Balaban J connectivity index is 1.66. The summed E-state index contributed by atoms with van der Waals surface area (Å²) >= 11 is 0. The number of nitrogens with one attached hydrogen (secondary N) is 1. The fourth-order valence-corrected chi connectivity index (χ4v) is 2.50. The molecule has 3 N–H and O–H groups in total. The number of aromatic nitrogens is 4. The SMILES string of the molecule is CCc1ccc(OCC(=O)Nc2ccccc2-c2nnn(CC(N)=O)n2)cc1. The molecule has 0 bridgehead atoms. The number of hydrogen-bond acceptors (Lipinski definition) is 6. The van der Waals surface area contributed by atoms with Gasteiger partial charge in [-0.1, -0.05) is 31.2 Å². The standard InChI is InChI=1S/C19H20N6O3/c1-2-13-7-9-14(10-8-13)28-12-18(27)21-16-6-4-3-5-15(16)19-22-24-25(23-19)11-17(20)26/h3-10H,2,11-12H2,1H3,(H2,20,26)(H,21,27). The number of nitrogens with two attached hydrogens (primary N) is 1. The van der Waals surface area contributed by atoms with Gasteiger partial charge in [0.1, 0.15) is 12.3 Å². The number of ether oxygens (including phenoxy) is 1. The number of amides is 2. The van der Waals surface area contributed by atoms with Crippen LogP contribution in [0.2, 0.25) is 0 Å². The van der Waals surface area contributed by atoms with Gasteiger partial charge in [-0.25, -0.2) is 0 Å². The van der Waals surface area contributed by atoms with Crippen molar-refractivity contribution in [3.05, 3.63) is 54.1 Å². The number of tetrazole rings is 1. The molecule has 9 nitrogen and oxygen atoms in total. The molecule has 2 aromatic carbocycles. The molecule has 3 aromatic rings. The van der Waals surface area contributed by atoms with Crippen LogP contribution in [0.3, 0.4) is 0 Å². The minimum Gasteiger partial charge on any atom is -0.484 e. The molecule has 0 radical (unpaired) electrons. The summed E-state index contributed by atoms with van der Waals surface area (Å²) in [4.78, 5) is 24.4. The van der Waals surface area contributed by atoms with Gasteiger partial charge < -0.3 is 15.8 Å². The van der Waals surface area contributed by atoms with Gasteiger partial charge in [0.05, 0.1) is 5.69 Å². The third-order valence-corrected chi connectivity index (χ3v) is 3.89. The topological polar surface area (TPSA) is 125 Å². The van der Waals surface area contributed by atoms with E-state index in [4.69, 9.17) is 10.5 Å². The third-order valence-electron chi connectivity index (χ3n) is 3.89. The minimum atomic E-state index is -0.574. The second-order valence-electron chi connectivity index (χ2n) is 5.99. The number of nitrogens with zero attached hydrogens (tertiary/aromatic N) is 4. The molecule has 3 rings (SSSR count). The zero-order chi connectivity index (χ0) is 19.9. The molecule has 0 aliphatic heterocycles. The van der Waals surface area contributed by atoms with Crippen molar-refractivity contribution in [3.8, 4) is 17.1 Å². The van der Waals surface area contributed by atoms with E-state index >= 15 is 0 Å². The van der Waals surface area contributed by atoms with Crippen LogP contribution in [-0.4, -0.2) is 38.6 Å². The van der Waals surface area contributed by atoms with E-state index in [0.717, 1.165) is 11.2 Å². The van der Waals surface area contributed by atoms with Gasteiger partial charge in [0, 0.05) is 5.56 Å². The smallest absolute Gasteiger partial charge is 0.262 e. The highest BCUT2D eigenvalue weighted by Crippen LogP contribution is 2.24. The van der Waals surface area contributed by atoms with Gasteiger partial charge in [-0.15, -0.1) is 10.2 Å². The lowest BCUT2D eigenvalue weighted by Gasteiger charge is -2.10. The molecule has 0 saturated heterocycles. The van der Waals surface area contributed by atoms with Crippen LogP contribution < -0.4 is 15.8 Å². The lowest BCUT2D eigenvalue weighted by Crippen LogP contribution is -2.21. The van der Waals surface area contributed by atoms with E-state index in [1.54, 1.807) is 24.3 Å². The van der Waals surface area contributed by atoms with Crippen LogP contribution in [0.25, 0.3) is 11.4 Å². The molecule has 0 spiro atoms. The normalized spacial score (nSPS) is 10.5. The van der Waals surface area contributed by atoms with Crippen molar-refractivity contribution < 1.29 is 14.3 Å². The molecule has 1 heterocycles. The Bertz CT molecular complexity index is 968. The third kappa shape index (κ3) is 4.91. The summed E-state index contributed by atoms with van der Waals surface area (Å²) < 4.78 is 5.52. The number of carbonyl (C=O) groups is 2. The van der Waals surface area contributed by atoms with E-state index in [-0.39, 0.29) is 24.9 Å². The molecule has 0 unspecified atom stereocenters. The van der Waals surface area contributed by atoms with Crippen molar-refractivity contribution in [2.45, 2.75) is 19.9 Å². The van der Waals surface area contributed by atoms with Crippen LogP contribution in [0.1, 0.15) is 12.5 Å². The monoisotopic (exact) mass is 380 g/mol. The second-order valence-corrected chi connectivity index (χ2v) is 5.99. The van der Waals surface area contributed by atoms with E-state index in [0.29, 0.717) is 17.0 Å². The van der Waals surface area contributed by atoms with Gasteiger partial charge in [0.15, 0.2) is 6.61 Å². The molecule has 9 heteroatoms.